The molecule has 140 valence electrons. The molecule has 1 unspecified atom stereocenters. The van der Waals surface area contributed by atoms with Crippen LogP contribution in [-0.2, 0) is 11.2 Å². The molecule has 6 nitrogen and oxygen atoms in total. The summed E-state index contributed by atoms with van der Waals surface area (Å²) in [4.78, 5) is 0. The predicted molar refractivity (Wildman–Crippen MR) is 99.1 cm³/mol. The number of hydrogen-bond acceptors (Lipinski definition) is 6. The fourth-order valence-electron chi connectivity index (χ4n) is 3.21. The van der Waals surface area contributed by atoms with Crippen molar-refractivity contribution in [2.75, 3.05) is 41.6 Å². The summed E-state index contributed by atoms with van der Waals surface area (Å²) in [5.41, 5.74) is 1.13. The lowest BCUT2D eigenvalue weighted by Gasteiger charge is -2.21. The van der Waals surface area contributed by atoms with Gasteiger partial charge in [0.15, 0.2) is 11.5 Å². The first-order chi connectivity index (χ1) is 12.1. The Balaban J connectivity index is 2.04. The Morgan fingerprint density at radius 2 is 1.84 bits per heavy atom. The van der Waals surface area contributed by atoms with Crippen LogP contribution in [0.2, 0.25) is 0 Å². The molecule has 1 saturated heterocycles. The molecule has 1 aliphatic heterocycles. The van der Waals surface area contributed by atoms with Crippen molar-refractivity contribution in [2.24, 2.45) is 11.0 Å². The maximum atomic E-state index is 5.42. The van der Waals surface area contributed by atoms with Crippen LogP contribution in [0.3, 0.4) is 0 Å². The second kappa shape index (κ2) is 9.51. The summed E-state index contributed by atoms with van der Waals surface area (Å²) in [5, 5.41) is 6.83. The topological polar surface area (TPSA) is 52.5 Å². The monoisotopic (exact) mass is 350 g/mol. The average Bonchev–Trinajstić information content (AvgIpc) is 3.06. The van der Waals surface area contributed by atoms with Gasteiger partial charge in [-0.2, -0.15) is 5.10 Å². The highest BCUT2D eigenvalue weighted by atomic mass is 16.5. The zero-order valence-electron chi connectivity index (χ0n) is 15.9. The molecule has 0 N–H and O–H groups in total. The van der Waals surface area contributed by atoms with Crippen molar-refractivity contribution in [3.8, 4) is 17.2 Å². The van der Waals surface area contributed by atoms with Crippen LogP contribution >= 0.6 is 0 Å². The van der Waals surface area contributed by atoms with Gasteiger partial charge in [0.2, 0.25) is 5.75 Å². The van der Waals surface area contributed by atoms with Crippen LogP contribution in [0.25, 0.3) is 0 Å². The molecule has 0 saturated carbocycles. The van der Waals surface area contributed by atoms with Crippen molar-refractivity contribution in [3.63, 3.8) is 0 Å². The molecule has 2 rings (SSSR count). The third-order valence-corrected chi connectivity index (χ3v) is 4.46. The maximum Gasteiger partial charge on any atom is 0.203 e. The van der Waals surface area contributed by atoms with E-state index in [0.29, 0.717) is 29.2 Å². The van der Waals surface area contributed by atoms with E-state index in [1.54, 1.807) is 28.4 Å². The Labute approximate surface area is 150 Å². The van der Waals surface area contributed by atoms with Gasteiger partial charge in [0.1, 0.15) is 0 Å². The van der Waals surface area contributed by atoms with Gasteiger partial charge in [-0.05, 0) is 42.9 Å². The highest BCUT2D eigenvalue weighted by molar-refractivity contribution is 5.61. The van der Waals surface area contributed by atoms with E-state index in [4.69, 9.17) is 18.9 Å². The highest BCUT2D eigenvalue weighted by Gasteiger charge is 2.22. The van der Waals surface area contributed by atoms with Gasteiger partial charge in [0.25, 0.3) is 0 Å². The summed E-state index contributed by atoms with van der Waals surface area (Å²) in [5.74, 6) is 2.28. The van der Waals surface area contributed by atoms with Crippen LogP contribution in [0.15, 0.2) is 17.2 Å². The summed E-state index contributed by atoms with van der Waals surface area (Å²) < 4.78 is 21.5. The Kier molecular flexibility index (Phi) is 7.37. The van der Waals surface area contributed by atoms with Crippen molar-refractivity contribution in [2.45, 2.75) is 32.2 Å². The van der Waals surface area contributed by atoms with Crippen LogP contribution in [0, 0.1) is 5.92 Å². The van der Waals surface area contributed by atoms with Gasteiger partial charge >= 0.3 is 0 Å². The number of ether oxygens (including phenoxy) is 4. The van der Waals surface area contributed by atoms with E-state index in [2.05, 4.69) is 17.0 Å². The minimum atomic E-state index is 0.298. The van der Waals surface area contributed by atoms with E-state index in [0.717, 1.165) is 31.6 Å². The summed E-state index contributed by atoms with van der Waals surface area (Å²) in [7, 11) is 6.62. The number of rotatable bonds is 9. The van der Waals surface area contributed by atoms with Crippen LogP contribution in [0.1, 0.15) is 25.3 Å². The lowest BCUT2D eigenvalue weighted by atomic mass is 10.0. The Hall–Kier alpha value is -1.95. The van der Waals surface area contributed by atoms with Gasteiger partial charge in [-0.3, -0.25) is 5.01 Å². The van der Waals surface area contributed by atoms with E-state index < -0.39 is 0 Å². The van der Waals surface area contributed by atoms with Crippen LogP contribution in [-0.4, -0.2) is 58.9 Å². The first-order valence-electron chi connectivity index (χ1n) is 8.71. The second-order valence-electron chi connectivity index (χ2n) is 6.39. The third kappa shape index (κ3) is 5.01. The fourth-order valence-corrected chi connectivity index (χ4v) is 3.21. The average molecular weight is 350 g/mol. The van der Waals surface area contributed by atoms with Crippen molar-refractivity contribution >= 4 is 6.21 Å². The Bertz CT molecular complexity index is 552. The fraction of sp³-hybridized carbons (Fsp3) is 0.632. The molecule has 1 aliphatic rings. The van der Waals surface area contributed by atoms with Crippen LogP contribution in [0.4, 0.5) is 0 Å². The maximum absolute atomic E-state index is 5.42. The molecule has 1 heterocycles. The molecule has 2 atom stereocenters. The standard InChI is InChI=1S/C19H30N2O4/c1-14(12-20-21-8-6-7-16(21)13-22-2)9-15-10-17(23-3)19(25-5)18(11-15)24-4/h10-12,14,16H,6-9,13H2,1-5H3/b20-12+/t14?,16-/m0/s1. The minimum Gasteiger partial charge on any atom is -0.493 e. The molecule has 0 amide bonds. The zero-order chi connectivity index (χ0) is 18.2. The van der Waals surface area contributed by atoms with Gasteiger partial charge in [-0.25, -0.2) is 0 Å². The highest BCUT2D eigenvalue weighted by Crippen LogP contribution is 2.38. The quantitative estimate of drug-likeness (QED) is 0.641. The van der Waals surface area contributed by atoms with Crippen LogP contribution in [0.5, 0.6) is 17.2 Å². The molecular formula is C19H30N2O4. The number of hydrazone groups is 1. The molecule has 1 fully saturated rings. The zero-order valence-corrected chi connectivity index (χ0v) is 15.9. The van der Waals surface area contributed by atoms with Crippen molar-refractivity contribution < 1.29 is 18.9 Å². The van der Waals surface area contributed by atoms with Crippen molar-refractivity contribution in [1.29, 1.82) is 0 Å². The summed E-state index contributed by atoms with van der Waals surface area (Å²) >= 11 is 0. The normalized spacial score (nSPS) is 18.6. The minimum absolute atomic E-state index is 0.298. The number of hydrogen-bond donors (Lipinski definition) is 0. The van der Waals surface area contributed by atoms with E-state index in [1.807, 2.05) is 18.3 Å². The summed E-state index contributed by atoms with van der Waals surface area (Å²) in [6.07, 6.45) is 5.19. The summed E-state index contributed by atoms with van der Waals surface area (Å²) in [6.45, 7) is 3.90. The number of methoxy groups -OCH3 is 4. The molecule has 1 aromatic rings. The van der Waals surface area contributed by atoms with Crippen molar-refractivity contribution in [1.82, 2.24) is 5.01 Å². The molecule has 1 aromatic carbocycles. The Morgan fingerprint density at radius 1 is 1.16 bits per heavy atom. The second-order valence-corrected chi connectivity index (χ2v) is 6.39. The number of benzene rings is 1. The van der Waals surface area contributed by atoms with E-state index in [1.165, 1.54) is 6.42 Å². The molecule has 0 aromatic heterocycles. The van der Waals surface area contributed by atoms with Gasteiger partial charge in [-0.1, -0.05) is 6.92 Å². The molecule has 6 heteroatoms. The lowest BCUT2D eigenvalue weighted by Crippen LogP contribution is -2.28. The SMILES string of the molecule is COC[C@@H]1CCCN1/N=C/C(C)Cc1cc(OC)c(OC)c(OC)c1. The molecule has 0 radical (unpaired) electrons. The Morgan fingerprint density at radius 3 is 2.40 bits per heavy atom. The molecular weight excluding hydrogens is 320 g/mol. The van der Waals surface area contributed by atoms with E-state index >= 15 is 0 Å². The van der Waals surface area contributed by atoms with Gasteiger partial charge in [-0.15, -0.1) is 0 Å². The van der Waals surface area contributed by atoms with Crippen LogP contribution < -0.4 is 14.2 Å². The van der Waals surface area contributed by atoms with E-state index in [-0.39, 0.29) is 0 Å². The smallest absolute Gasteiger partial charge is 0.203 e. The van der Waals surface area contributed by atoms with Crippen molar-refractivity contribution in [3.05, 3.63) is 17.7 Å². The third-order valence-electron chi connectivity index (χ3n) is 4.46. The predicted octanol–water partition coefficient (Wildman–Crippen LogP) is 2.99. The lowest BCUT2D eigenvalue weighted by molar-refractivity contribution is 0.118. The first kappa shape index (κ1) is 19.4. The van der Waals surface area contributed by atoms with Gasteiger partial charge in [0.05, 0.1) is 34.0 Å². The molecule has 0 aliphatic carbocycles. The van der Waals surface area contributed by atoms with Gasteiger partial charge < -0.3 is 18.9 Å². The first-order valence-corrected chi connectivity index (χ1v) is 8.71. The molecule has 25 heavy (non-hydrogen) atoms. The largest absolute Gasteiger partial charge is 0.493 e. The van der Waals surface area contributed by atoms with Gasteiger partial charge in [0, 0.05) is 19.9 Å². The van der Waals surface area contributed by atoms with E-state index in [9.17, 15) is 0 Å². The molecule has 0 spiro atoms. The summed E-state index contributed by atoms with van der Waals surface area (Å²) in [6, 6.07) is 4.39. The molecule has 0 bridgehead atoms. The number of nitrogens with zero attached hydrogens (tertiary/aromatic N) is 2.